The van der Waals surface area contributed by atoms with Crippen molar-refractivity contribution >= 4 is 11.6 Å². The van der Waals surface area contributed by atoms with E-state index in [1.54, 1.807) is 26.4 Å². The minimum atomic E-state index is -0.127. The minimum Gasteiger partial charge on any atom is -0.371 e. The highest BCUT2D eigenvalue weighted by molar-refractivity contribution is 5.92. The topological polar surface area (TPSA) is 60.2 Å². The lowest BCUT2D eigenvalue weighted by atomic mass is 10.2. The lowest BCUT2D eigenvalue weighted by Crippen LogP contribution is -2.29. The summed E-state index contributed by atoms with van der Waals surface area (Å²) in [4.78, 5) is 19.3. The number of anilines is 1. The van der Waals surface area contributed by atoms with Gasteiger partial charge >= 0.3 is 0 Å². The number of hydrogen-bond acceptors (Lipinski definition) is 4. The molecule has 0 spiro atoms. The Bertz CT molecular complexity index is 464. The van der Waals surface area contributed by atoms with Gasteiger partial charge in [0.2, 0.25) is 0 Å². The summed E-state index contributed by atoms with van der Waals surface area (Å²) in [7, 11) is 5.29. The molecule has 96 valence electrons. The van der Waals surface area contributed by atoms with Gasteiger partial charge in [-0.15, -0.1) is 0 Å². The van der Waals surface area contributed by atoms with Crippen molar-refractivity contribution in [2.24, 2.45) is 0 Å². The van der Waals surface area contributed by atoms with E-state index >= 15 is 0 Å². The Labute approximate surface area is 108 Å². The maximum Gasteiger partial charge on any atom is 0.272 e. The number of hydrogen-bond donors (Lipinski definition) is 0. The normalized spacial score (nSPS) is 11.5. The Hall–Kier alpha value is -2.09. The standard InChI is InChI=1S/C13H18N4O/c1-10(5-7-14)17(4)11-6-8-15-12(9-11)13(18)16(2)3/h6,8-10H,5H2,1-4H3. The van der Waals surface area contributed by atoms with Gasteiger partial charge in [0.1, 0.15) is 5.69 Å². The van der Waals surface area contributed by atoms with Crippen LogP contribution in [0.2, 0.25) is 0 Å². The number of rotatable bonds is 4. The molecular formula is C13H18N4O. The zero-order valence-corrected chi connectivity index (χ0v) is 11.2. The van der Waals surface area contributed by atoms with Crippen LogP contribution in [0, 0.1) is 11.3 Å². The van der Waals surface area contributed by atoms with Crippen LogP contribution < -0.4 is 4.90 Å². The molecule has 0 N–H and O–H groups in total. The van der Waals surface area contributed by atoms with E-state index in [4.69, 9.17) is 5.26 Å². The van der Waals surface area contributed by atoms with Crippen LogP contribution in [0.25, 0.3) is 0 Å². The first-order valence-electron chi connectivity index (χ1n) is 5.75. The number of amides is 1. The number of nitriles is 1. The maximum absolute atomic E-state index is 11.8. The highest BCUT2D eigenvalue weighted by Crippen LogP contribution is 2.17. The van der Waals surface area contributed by atoms with Gasteiger partial charge in [-0.3, -0.25) is 9.78 Å². The molecule has 0 radical (unpaired) electrons. The lowest BCUT2D eigenvalue weighted by Gasteiger charge is -2.25. The summed E-state index contributed by atoms with van der Waals surface area (Å²) in [5.41, 5.74) is 1.30. The van der Waals surface area contributed by atoms with Crippen molar-refractivity contribution in [2.45, 2.75) is 19.4 Å². The molecule has 5 nitrogen and oxygen atoms in total. The molecular weight excluding hydrogens is 228 g/mol. The molecule has 0 fully saturated rings. The van der Waals surface area contributed by atoms with Crippen LogP contribution >= 0.6 is 0 Å². The highest BCUT2D eigenvalue weighted by Gasteiger charge is 2.14. The second kappa shape index (κ2) is 6.01. The summed E-state index contributed by atoms with van der Waals surface area (Å²) in [5.74, 6) is -0.127. The van der Waals surface area contributed by atoms with Gasteiger partial charge in [0, 0.05) is 39.1 Å². The predicted molar refractivity (Wildman–Crippen MR) is 70.3 cm³/mol. The van der Waals surface area contributed by atoms with Gasteiger partial charge in [-0.1, -0.05) is 0 Å². The molecule has 0 saturated carbocycles. The summed E-state index contributed by atoms with van der Waals surface area (Å²) in [6.45, 7) is 1.97. The SMILES string of the molecule is CC(CC#N)N(C)c1ccnc(C(=O)N(C)C)c1. The second-order valence-electron chi connectivity index (χ2n) is 4.42. The molecule has 18 heavy (non-hydrogen) atoms. The largest absolute Gasteiger partial charge is 0.371 e. The van der Waals surface area contributed by atoms with E-state index in [-0.39, 0.29) is 11.9 Å². The van der Waals surface area contributed by atoms with Crippen molar-refractivity contribution < 1.29 is 4.79 Å². The fraction of sp³-hybridized carbons (Fsp3) is 0.462. The first-order valence-corrected chi connectivity index (χ1v) is 5.75. The zero-order valence-electron chi connectivity index (χ0n) is 11.2. The molecule has 0 aromatic carbocycles. The van der Waals surface area contributed by atoms with Crippen molar-refractivity contribution in [1.82, 2.24) is 9.88 Å². The van der Waals surface area contributed by atoms with E-state index in [2.05, 4.69) is 11.1 Å². The molecule has 0 aliphatic carbocycles. The van der Waals surface area contributed by atoms with Crippen LogP contribution in [0.4, 0.5) is 5.69 Å². The van der Waals surface area contributed by atoms with Gasteiger partial charge in [0.25, 0.3) is 5.91 Å². The summed E-state index contributed by atoms with van der Waals surface area (Å²) in [5, 5.41) is 8.70. The van der Waals surface area contributed by atoms with E-state index in [0.717, 1.165) is 5.69 Å². The Morgan fingerprint density at radius 2 is 2.17 bits per heavy atom. The average molecular weight is 246 g/mol. The van der Waals surface area contributed by atoms with Crippen LogP contribution in [0.3, 0.4) is 0 Å². The molecule has 1 aromatic rings. The molecule has 1 aromatic heterocycles. The fourth-order valence-electron chi connectivity index (χ4n) is 1.51. The molecule has 0 bridgehead atoms. The van der Waals surface area contributed by atoms with Crippen LogP contribution in [-0.4, -0.2) is 43.0 Å². The molecule has 1 unspecified atom stereocenters. The van der Waals surface area contributed by atoms with Crippen molar-refractivity contribution in [3.8, 4) is 6.07 Å². The highest BCUT2D eigenvalue weighted by atomic mass is 16.2. The van der Waals surface area contributed by atoms with Crippen molar-refractivity contribution in [3.05, 3.63) is 24.0 Å². The number of nitrogens with zero attached hydrogens (tertiary/aromatic N) is 4. The monoisotopic (exact) mass is 246 g/mol. The number of carbonyl (C=O) groups excluding carboxylic acids is 1. The van der Waals surface area contributed by atoms with E-state index in [9.17, 15) is 4.79 Å². The Morgan fingerprint density at radius 1 is 1.50 bits per heavy atom. The molecule has 0 aliphatic rings. The third-order valence-electron chi connectivity index (χ3n) is 2.82. The van der Waals surface area contributed by atoms with E-state index in [1.807, 2.05) is 24.9 Å². The van der Waals surface area contributed by atoms with Crippen LogP contribution in [0.15, 0.2) is 18.3 Å². The molecule has 5 heteroatoms. The maximum atomic E-state index is 11.8. The van der Waals surface area contributed by atoms with Crippen LogP contribution in [-0.2, 0) is 0 Å². The minimum absolute atomic E-state index is 0.0970. The Morgan fingerprint density at radius 3 is 2.72 bits per heavy atom. The predicted octanol–water partition coefficient (Wildman–Crippen LogP) is 1.52. The molecule has 1 amide bonds. The fourth-order valence-corrected chi connectivity index (χ4v) is 1.51. The van der Waals surface area contributed by atoms with Crippen molar-refractivity contribution in [3.63, 3.8) is 0 Å². The molecule has 0 aliphatic heterocycles. The first kappa shape index (κ1) is 14.0. The van der Waals surface area contributed by atoms with Crippen molar-refractivity contribution in [1.29, 1.82) is 5.26 Å². The zero-order chi connectivity index (χ0) is 13.7. The Kier molecular flexibility index (Phi) is 4.67. The van der Waals surface area contributed by atoms with Gasteiger partial charge in [-0.2, -0.15) is 5.26 Å². The lowest BCUT2D eigenvalue weighted by molar-refractivity contribution is 0.0822. The number of aromatic nitrogens is 1. The third-order valence-corrected chi connectivity index (χ3v) is 2.82. The van der Waals surface area contributed by atoms with E-state index in [0.29, 0.717) is 12.1 Å². The molecule has 1 heterocycles. The van der Waals surface area contributed by atoms with E-state index in [1.165, 1.54) is 4.90 Å². The summed E-state index contributed by atoms with van der Waals surface area (Å²) < 4.78 is 0. The second-order valence-corrected chi connectivity index (χ2v) is 4.42. The average Bonchev–Trinajstić information content (AvgIpc) is 2.37. The van der Waals surface area contributed by atoms with Crippen LogP contribution in [0.5, 0.6) is 0 Å². The van der Waals surface area contributed by atoms with Gasteiger partial charge in [0.15, 0.2) is 0 Å². The van der Waals surface area contributed by atoms with Gasteiger partial charge in [-0.25, -0.2) is 0 Å². The molecule has 1 atom stereocenters. The summed E-state index contributed by atoms with van der Waals surface area (Å²) in [6.07, 6.45) is 2.05. The number of pyridine rings is 1. The molecule has 0 saturated heterocycles. The first-order chi connectivity index (χ1) is 8.47. The van der Waals surface area contributed by atoms with Gasteiger partial charge < -0.3 is 9.80 Å². The third kappa shape index (κ3) is 3.20. The quantitative estimate of drug-likeness (QED) is 0.808. The van der Waals surface area contributed by atoms with Crippen molar-refractivity contribution in [2.75, 3.05) is 26.0 Å². The van der Waals surface area contributed by atoms with Gasteiger partial charge in [-0.05, 0) is 19.1 Å². The summed E-state index contributed by atoms with van der Waals surface area (Å²) >= 11 is 0. The van der Waals surface area contributed by atoms with Crippen LogP contribution in [0.1, 0.15) is 23.8 Å². The van der Waals surface area contributed by atoms with Gasteiger partial charge in [0.05, 0.1) is 12.5 Å². The Balaban J connectivity index is 2.95. The smallest absolute Gasteiger partial charge is 0.272 e. The number of carbonyl (C=O) groups is 1. The van der Waals surface area contributed by atoms with E-state index < -0.39 is 0 Å². The molecule has 1 rings (SSSR count). The summed E-state index contributed by atoms with van der Waals surface area (Å²) in [6, 6.07) is 5.82.